The molecule has 0 spiro atoms. The highest BCUT2D eigenvalue weighted by atomic mass is 16.5. The molecule has 1 aliphatic heterocycles. The number of nitrogens with one attached hydrogen (secondary N) is 1. The van der Waals surface area contributed by atoms with Gasteiger partial charge >= 0.3 is 0 Å². The predicted octanol–water partition coefficient (Wildman–Crippen LogP) is 3.83. The maximum atomic E-state index is 5.55. The third-order valence-corrected chi connectivity index (χ3v) is 5.74. The molecule has 30 heavy (non-hydrogen) atoms. The van der Waals surface area contributed by atoms with E-state index < -0.39 is 0 Å². The smallest absolute Gasteiger partial charge is 0.131 e. The Morgan fingerprint density at radius 1 is 1.07 bits per heavy atom. The molecular formula is C24H32N4O2. The number of anilines is 1. The van der Waals surface area contributed by atoms with Crippen molar-refractivity contribution >= 4 is 16.6 Å². The molecule has 6 heteroatoms. The van der Waals surface area contributed by atoms with Crippen molar-refractivity contribution in [2.45, 2.75) is 32.9 Å². The van der Waals surface area contributed by atoms with Crippen molar-refractivity contribution in [3.63, 3.8) is 0 Å². The van der Waals surface area contributed by atoms with Crippen LogP contribution >= 0.6 is 0 Å². The molecule has 1 aliphatic rings. The van der Waals surface area contributed by atoms with Crippen LogP contribution in [0.5, 0.6) is 5.75 Å². The van der Waals surface area contributed by atoms with Crippen LogP contribution in [0.15, 0.2) is 36.4 Å². The van der Waals surface area contributed by atoms with Crippen molar-refractivity contribution < 1.29 is 9.47 Å². The van der Waals surface area contributed by atoms with Crippen molar-refractivity contribution in [1.82, 2.24) is 15.1 Å². The summed E-state index contributed by atoms with van der Waals surface area (Å²) in [6.07, 6.45) is 0. The maximum Gasteiger partial charge on any atom is 0.131 e. The number of benzene rings is 2. The zero-order valence-corrected chi connectivity index (χ0v) is 18.4. The quantitative estimate of drug-likeness (QED) is 0.644. The van der Waals surface area contributed by atoms with Crippen molar-refractivity contribution in [3.8, 4) is 5.75 Å². The van der Waals surface area contributed by atoms with Crippen LogP contribution in [0.2, 0.25) is 0 Å². The van der Waals surface area contributed by atoms with E-state index in [2.05, 4.69) is 61.4 Å². The molecule has 2 heterocycles. The van der Waals surface area contributed by atoms with E-state index in [0.29, 0.717) is 5.92 Å². The van der Waals surface area contributed by atoms with Crippen LogP contribution in [0.1, 0.15) is 36.6 Å². The van der Waals surface area contributed by atoms with E-state index in [4.69, 9.17) is 14.6 Å². The zero-order valence-electron chi connectivity index (χ0n) is 18.4. The third-order valence-electron chi connectivity index (χ3n) is 5.74. The van der Waals surface area contributed by atoms with Gasteiger partial charge in [0.2, 0.25) is 0 Å². The second-order valence-corrected chi connectivity index (χ2v) is 8.22. The van der Waals surface area contributed by atoms with Gasteiger partial charge in [-0.1, -0.05) is 32.0 Å². The molecule has 1 aromatic heterocycles. The lowest BCUT2D eigenvalue weighted by Gasteiger charge is -2.29. The molecule has 6 nitrogen and oxygen atoms in total. The Morgan fingerprint density at radius 2 is 1.80 bits per heavy atom. The van der Waals surface area contributed by atoms with Gasteiger partial charge in [0.1, 0.15) is 11.6 Å². The Morgan fingerprint density at radius 3 is 2.53 bits per heavy atom. The Kier molecular flexibility index (Phi) is 6.25. The topological polar surface area (TPSA) is 51.5 Å². The molecule has 3 aromatic rings. The van der Waals surface area contributed by atoms with Crippen LogP contribution in [-0.4, -0.2) is 43.2 Å². The number of methoxy groups -OCH3 is 1. The summed E-state index contributed by atoms with van der Waals surface area (Å²) in [6.45, 7) is 9.43. The summed E-state index contributed by atoms with van der Waals surface area (Å²) in [6, 6.07) is 12.8. The van der Waals surface area contributed by atoms with Gasteiger partial charge < -0.3 is 19.7 Å². The van der Waals surface area contributed by atoms with E-state index in [0.717, 1.165) is 45.1 Å². The number of aromatic nitrogens is 2. The van der Waals surface area contributed by atoms with Gasteiger partial charge in [0.05, 0.1) is 26.0 Å². The summed E-state index contributed by atoms with van der Waals surface area (Å²) in [7, 11) is 3.76. The molecule has 0 saturated carbocycles. The average molecular weight is 409 g/mol. The number of fused-ring (bicyclic) bond motifs is 1. The van der Waals surface area contributed by atoms with Crippen molar-refractivity contribution in [2.75, 3.05) is 38.3 Å². The fourth-order valence-corrected chi connectivity index (χ4v) is 4.23. The first-order chi connectivity index (χ1) is 14.6. The third kappa shape index (κ3) is 4.30. The molecule has 0 amide bonds. The lowest BCUT2D eigenvalue weighted by Crippen LogP contribution is -2.38. The molecule has 0 radical (unpaired) electrons. The number of nitrogens with zero attached hydrogens (tertiary/aromatic N) is 3. The Labute approximate surface area is 178 Å². The molecule has 1 fully saturated rings. The summed E-state index contributed by atoms with van der Waals surface area (Å²) >= 11 is 0. The Hall–Kier alpha value is -2.57. The highest BCUT2D eigenvalue weighted by molar-refractivity contribution is 5.84. The molecule has 0 aliphatic carbocycles. The second kappa shape index (κ2) is 9.06. The molecular weight excluding hydrogens is 376 g/mol. The number of hydrogen-bond donors (Lipinski definition) is 1. The van der Waals surface area contributed by atoms with Crippen LogP contribution in [0.4, 0.5) is 5.82 Å². The summed E-state index contributed by atoms with van der Waals surface area (Å²) in [4.78, 5) is 2.41. The predicted molar refractivity (Wildman–Crippen MR) is 121 cm³/mol. The van der Waals surface area contributed by atoms with Gasteiger partial charge in [-0.05, 0) is 40.5 Å². The van der Waals surface area contributed by atoms with Gasteiger partial charge in [-0.3, -0.25) is 4.68 Å². The SMILES string of the molecule is COc1ccc2cc(CNCc3c(C(C)C)nn(C)c3N3CCOCC3)ccc2c1. The summed E-state index contributed by atoms with van der Waals surface area (Å²) < 4.78 is 12.9. The Balaban J connectivity index is 1.51. The fraction of sp³-hybridized carbons (Fsp3) is 0.458. The van der Waals surface area contributed by atoms with E-state index in [1.54, 1.807) is 7.11 Å². The molecule has 0 bridgehead atoms. The van der Waals surface area contributed by atoms with E-state index in [-0.39, 0.29) is 0 Å². The minimum atomic E-state index is 0.387. The number of rotatable bonds is 7. The van der Waals surface area contributed by atoms with Crippen molar-refractivity contribution in [3.05, 3.63) is 53.2 Å². The average Bonchev–Trinajstić information content (AvgIpc) is 3.10. The fourth-order valence-electron chi connectivity index (χ4n) is 4.23. The molecule has 1 saturated heterocycles. The molecule has 0 atom stereocenters. The largest absolute Gasteiger partial charge is 0.497 e. The highest BCUT2D eigenvalue weighted by Crippen LogP contribution is 2.29. The van der Waals surface area contributed by atoms with Crippen molar-refractivity contribution in [2.24, 2.45) is 7.05 Å². The van der Waals surface area contributed by atoms with Crippen molar-refractivity contribution in [1.29, 1.82) is 0 Å². The van der Waals surface area contributed by atoms with Crippen LogP contribution in [0, 0.1) is 0 Å². The van der Waals surface area contributed by atoms with Gasteiger partial charge in [0.25, 0.3) is 0 Å². The molecule has 2 aromatic carbocycles. The summed E-state index contributed by atoms with van der Waals surface area (Å²) in [5, 5.41) is 10.9. The summed E-state index contributed by atoms with van der Waals surface area (Å²) in [5.74, 6) is 2.50. The van der Waals surface area contributed by atoms with Gasteiger partial charge in [-0.2, -0.15) is 5.10 Å². The number of ether oxygens (including phenoxy) is 2. The first kappa shape index (κ1) is 20.7. The molecule has 1 N–H and O–H groups in total. The van der Waals surface area contributed by atoms with Gasteiger partial charge in [-0.25, -0.2) is 0 Å². The monoisotopic (exact) mass is 408 g/mol. The minimum Gasteiger partial charge on any atom is -0.497 e. The number of morpholine rings is 1. The van der Waals surface area contributed by atoms with E-state index in [1.807, 2.05) is 10.7 Å². The summed E-state index contributed by atoms with van der Waals surface area (Å²) in [5.41, 5.74) is 3.76. The van der Waals surface area contributed by atoms with E-state index in [9.17, 15) is 0 Å². The maximum absolute atomic E-state index is 5.55. The van der Waals surface area contributed by atoms with E-state index in [1.165, 1.54) is 33.4 Å². The van der Waals surface area contributed by atoms with Crippen LogP contribution < -0.4 is 15.0 Å². The van der Waals surface area contributed by atoms with Gasteiger partial charge in [0, 0.05) is 38.8 Å². The number of hydrogen-bond acceptors (Lipinski definition) is 5. The van der Waals surface area contributed by atoms with Crippen LogP contribution in [0.3, 0.4) is 0 Å². The first-order valence-corrected chi connectivity index (χ1v) is 10.7. The lowest BCUT2D eigenvalue weighted by molar-refractivity contribution is 0.122. The number of aryl methyl sites for hydroxylation is 1. The molecule has 4 rings (SSSR count). The first-order valence-electron chi connectivity index (χ1n) is 10.7. The molecule has 0 unspecified atom stereocenters. The zero-order chi connectivity index (χ0) is 21.1. The van der Waals surface area contributed by atoms with Gasteiger partial charge in [-0.15, -0.1) is 0 Å². The minimum absolute atomic E-state index is 0.387. The highest BCUT2D eigenvalue weighted by Gasteiger charge is 2.24. The standard InChI is InChI=1S/C24H32N4O2/c1-17(2)23-22(24(27(3)26-23)28-9-11-30-12-10-28)16-25-15-18-5-6-20-14-21(29-4)8-7-19(20)13-18/h5-8,13-14,17,25H,9-12,15-16H2,1-4H3. The second-order valence-electron chi connectivity index (χ2n) is 8.22. The van der Waals surface area contributed by atoms with Gasteiger partial charge in [0.15, 0.2) is 0 Å². The molecule has 160 valence electrons. The van der Waals surface area contributed by atoms with Crippen LogP contribution in [-0.2, 0) is 24.9 Å². The van der Waals surface area contributed by atoms with Crippen LogP contribution in [0.25, 0.3) is 10.8 Å². The lowest BCUT2D eigenvalue weighted by atomic mass is 10.0. The normalized spacial score (nSPS) is 14.6. The Bertz CT molecular complexity index is 1010. The van der Waals surface area contributed by atoms with E-state index >= 15 is 0 Å².